The zero-order chi connectivity index (χ0) is 40.8. The van der Waals surface area contributed by atoms with Gasteiger partial charge in [0.2, 0.25) is 5.75 Å². The number of fused-ring (bicyclic) bond motifs is 5. The molecule has 314 valence electrons. The normalized spacial score (nSPS) is 28.9. The third kappa shape index (κ3) is 10.2. The second-order valence-electron chi connectivity index (χ2n) is 19.0. The molecule has 1 aromatic rings. The molecule has 8 atom stereocenters. The van der Waals surface area contributed by atoms with Gasteiger partial charge in [-0.1, -0.05) is 65.5 Å². The molecule has 0 saturated heterocycles. The number of hydrogen-bond acceptors (Lipinski definition) is 9. The second kappa shape index (κ2) is 18.5. The summed E-state index contributed by atoms with van der Waals surface area (Å²) in [5, 5.41) is 2.54. The molecule has 0 heterocycles. The minimum absolute atomic E-state index is 0.0651. The van der Waals surface area contributed by atoms with E-state index >= 15 is 0 Å². The van der Waals surface area contributed by atoms with Gasteiger partial charge in [-0.05, 0) is 131 Å². The number of carbonyl (C=O) groups is 3. The molecule has 3 saturated carbocycles. The average molecular weight is 782 g/mol. The Morgan fingerprint density at radius 2 is 1.62 bits per heavy atom. The van der Waals surface area contributed by atoms with Crippen molar-refractivity contribution in [3.05, 3.63) is 29.3 Å². The number of carbonyl (C=O) groups excluding carboxylic acids is 3. The van der Waals surface area contributed by atoms with E-state index in [1.54, 1.807) is 26.3 Å². The number of ether oxygens (including phenoxy) is 6. The van der Waals surface area contributed by atoms with Crippen LogP contribution in [0.3, 0.4) is 0 Å². The number of alkyl carbamates (subject to hydrolysis) is 1. The van der Waals surface area contributed by atoms with Gasteiger partial charge in [0.05, 0.1) is 45.5 Å². The van der Waals surface area contributed by atoms with Crippen molar-refractivity contribution < 1.29 is 42.8 Å². The first-order valence-corrected chi connectivity index (χ1v) is 21.4. The zero-order valence-corrected chi connectivity index (χ0v) is 36.1. The van der Waals surface area contributed by atoms with Crippen LogP contribution in [0, 0.1) is 46.3 Å². The molecule has 10 heteroatoms. The Kier molecular flexibility index (Phi) is 14.5. The largest absolute Gasteiger partial charge is 0.493 e. The maximum atomic E-state index is 13.1. The fourth-order valence-electron chi connectivity index (χ4n) is 11.1. The lowest BCUT2D eigenvalue weighted by Crippen LogP contribution is -2.51. The molecule has 1 amide bonds. The third-order valence-corrected chi connectivity index (χ3v) is 13.8. The first kappa shape index (κ1) is 43.8. The van der Waals surface area contributed by atoms with Gasteiger partial charge < -0.3 is 33.7 Å². The van der Waals surface area contributed by atoms with Crippen molar-refractivity contribution in [3.63, 3.8) is 0 Å². The predicted octanol–water partition coefficient (Wildman–Crippen LogP) is 10.1. The highest BCUT2D eigenvalue weighted by atomic mass is 16.6. The number of amides is 1. The number of benzene rings is 1. The van der Waals surface area contributed by atoms with Crippen LogP contribution >= 0.6 is 0 Å². The molecule has 1 unspecified atom stereocenters. The molecule has 3 fully saturated rings. The van der Waals surface area contributed by atoms with Crippen LogP contribution in [0.25, 0.3) is 0 Å². The quantitative estimate of drug-likeness (QED) is 0.0757. The van der Waals surface area contributed by atoms with Gasteiger partial charge in [-0.15, -0.1) is 0 Å². The zero-order valence-electron chi connectivity index (χ0n) is 36.1. The Morgan fingerprint density at radius 1 is 0.911 bits per heavy atom. The van der Waals surface area contributed by atoms with E-state index in [9.17, 15) is 14.4 Å². The lowest BCUT2D eigenvalue weighted by atomic mass is 9.47. The van der Waals surface area contributed by atoms with Gasteiger partial charge in [0, 0.05) is 0 Å². The van der Waals surface area contributed by atoms with Gasteiger partial charge in [-0.3, -0.25) is 4.79 Å². The number of hydrogen-bond donors (Lipinski definition) is 1. The van der Waals surface area contributed by atoms with Crippen molar-refractivity contribution in [3.8, 4) is 17.2 Å². The topological polar surface area (TPSA) is 119 Å². The van der Waals surface area contributed by atoms with E-state index in [1.165, 1.54) is 77.7 Å². The summed E-state index contributed by atoms with van der Waals surface area (Å²) in [6, 6.07) is 2.86. The Bertz CT molecular complexity index is 1540. The Labute approximate surface area is 336 Å². The van der Waals surface area contributed by atoms with Gasteiger partial charge in [0.25, 0.3) is 0 Å². The van der Waals surface area contributed by atoms with Crippen LogP contribution < -0.4 is 19.5 Å². The van der Waals surface area contributed by atoms with Crippen LogP contribution in [0.2, 0.25) is 0 Å². The molecule has 0 radical (unpaired) electrons. The van der Waals surface area contributed by atoms with Crippen LogP contribution in [-0.4, -0.2) is 63.7 Å². The number of nitrogens with one attached hydrogen (secondary N) is 1. The molecule has 0 aliphatic heterocycles. The van der Waals surface area contributed by atoms with Crippen LogP contribution in [0.15, 0.2) is 23.8 Å². The fourth-order valence-corrected chi connectivity index (χ4v) is 11.1. The van der Waals surface area contributed by atoms with E-state index in [0.29, 0.717) is 5.41 Å². The van der Waals surface area contributed by atoms with Crippen molar-refractivity contribution in [2.45, 2.75) is 144 Å². The third-order valence-electron chi connectivity index (χ3n) is 13.8. The van der Waals surface area contributed by atoms with Crippen molar-refractivity contribution >= 4 is 18.0 Å². The molecular weight excluding hydrogens is 711 g/mol. The van der Waals surface area contributed by atoms with Crippen LogP contribution in [0.4, 0.5) is 4.79 Å². The van der Waals surface area contributed by atoms with Crippen molar-refractivity contribution in [1.29, 1.82) is 0 Å². The number of methoxy groups -OCH3 is 2. The summed E-state index contributed by atoms with van der Waals surface area (Å²) < 4.78 is 33.5. The minimum Gasteiger partial charge on any atom is -0.493 e. The highest BCUT2D eigenvalue weighted by Crippen LogP contribution is 2.67. The minimum atomic E-state index is -0.655. The maximum Gasteiger partial charge on any atom is 0.407 e. The summed E-state index contributed by atoms with van der Waals surface area (Å²) in [6.07, 6.45) is 16.1. The van der Waals surface area contributed by atoms with E-state index in [-0.39, 0.29) is 60.5 Å². The van der Waals surface area contributed by atoms with E-state index in [0.717, 1.165) is 54.8 Å². The van der Waals surface area contributed by atoms with E-state index in [2.05, 4.69) is 46.0 Å². The summed E-state index contributed by atoms with van der Waals surface area (Å²) in [6.45, 7) is 18.0. The molecule has 1 N–H and O–H groups in total. The predicted molar refractivity (Wildman–Crippen MR) is 217 cm³/mol. The lowest BCUT2D eigenvalue weighted by Gasteiger charge is -2.58. The van der Waals surface area contributed by atoms with Crippen molar-refractivity contribution in [2.24, 2.45) is 46.3 Å². The lowest BCUT2D eigenvalue weighted by molar-refractivity contribution is -0.136. The molecule has 0 aromatic heterocycles. The van der Waals surface area contributed by atoms with Gasteiger partial charge in [-0.2, -0.15) is 0 Å². The van der Waals surface area contributed by atoms with Crippen molar-refractivity contribution in [1.82, 2.24) is 5.32 Å². The maximum absolute atomic E-state index is 13.1. The highest BCUT2D eigenvalue weighted by molar-refractivity contribution is 5.91. The fraction of sp³-hybridized carbons (Fsp3) is 0.761. The van der Waals surface area contributed by atoms with E-state index in [1.807, 2.05) is 0 Å². The average Bonchev–Trinajstić information content (AvgIpc) is 3.49. The number of rotatable bonds is 16. The monoisotopic (exact) mass is 782 g/mol. The van der Waals surface area contributed by atoms with Crippen LogP contribution in [0.5, 0.6) is 17.2 Å². The smallest absolute Gasteiger partial charge is 0.407 e. The second-order valence-corrected chi connectivity index (χ2v) is 19.0. The Morgan fingerprint density at radius 3 is 2.29 bits per heavy atom. The standard InChI is InChI=1S/C46H71NO9/c1-29(2)12-11-13-30(3)35-16-17-36-34-15-14-32-28-33(18-21-45(32,7)37(34)19-22-46(35,36)8)53-24-20-40(48)55-41-38(51-9)26-31(27-39(41)52-10)42(49)54-25-23-47-43(50)56-44(4,5)6/h14,26-27,29-30,33-37H,11-13,15-25,28H2,1-10H3,(H,47,50)/t30-,33+,34+,35-,36+,37?,45+,46-/m1/s1. The number of esters is 2. The van der Waals surface area contributed by atoms with Gasteiger partial charge in [0.15, 0.2) is 11.5 Å². The van der Waals surface area contributed by atoms with Gasteiger partial charge in [0.1, 0.15) is 12.2 Å². The Hall–Kier alpha value is -3.27. The summed E-state index contributed by atoms with van der Waals surface area (Å²) in [5.74, 6) is 4.13. The van der Waals surface area contributed by atoms with E-state index < -0.39 is 23.6 Å². The molecule has 10 nitrogen and oxygen atoms in total. The summed E-state index contributed by atoms with van der Waals surface area (Å²) in [5.41, 5.74) is 1.81. The SMILES string of the molecule is COc1cc(C(=O)OCCNC(=O)OC(C)(C)C)cc(OC)c1OC(=O)CCO[C@H]1CC[C@@]2(C)C(=CC[C@@H]3C2CC[C@]2(C)[C@@H]([C@H](C)CCCC(C)C)CC[C@@H]32)C1. The molecule has 0 spiro atoms. The van der Waals surface area contributed by atoms with Gasteiger partial charge >= 0.3 is 18.0 Å². The Balaban J connectivity index is 1.10. The first-order chi connectivity index (χ1) is 26.5. The molecule has 5 rings (SSSR count). The highest BCUT2D eigenvalue weighted by Gasteiger charge is 2.59. The van der Waals surface area contributed by atoms with E-state index in [4.69, 9.17) is 28.4 Å². The summed E-state index contributed by atoms with van der Waals surface area (Å²) >= 11 is 0. The molecule has 0 bridgehead atoms. The molecular formula is C46H71NO9. The molecule has 4 aliphatic rings. The molecule has 4 aliphatic carbocycles. The van der Waals surface area contributed by atoms with Gasteiger partial charge in [-0.25, -0.2) is 9.59 Å². The summed E-state index contributed by atoms with van der Waals surface area (Å²) in [4.78, 5) is 37.7. The van der Waals surface area contributed by atoms with Crippen molar-refractivity contribution in [2.75, 3.05) is 34.0 Å². The van der Waals surface area contributed by atoms with Crippen LogP contribution in [0.1, 0.15) is 143 Å². The first-order valence-electron chi connectivity index (χ1n) is 21.4. The molecule has 1 aromatic carbocycles. The molecule has 56 heavy (non-hydrogen) atoms. The number of allylic oxidation sites excluding steroid dienone is 1. The summed E-state index contributed by atoms with van der Waals surface area (Å²) in [7, 11) is 2.84. The van der Waals surface area contributed by atoms with Crippen LogP contribution in [-0.2, 0) is 19.0 Å².